The minimum Gasteiger partial charge on any atom is -0.465 e. The average molecular weight is 247 g/mol. The second kappa shape index (κ2) is 7.17. The zero-order valence-corrected chi connectivity index (χ0v) is 10.7. The van der Waals surface area contributed by atoms with E-state index in [1.54, 1.807) is 0 Å². The van der Waals surface area contributed by atoms with Gasteiger partial charge in [-0.25, -0.2) is 0 Å². The molecule has 0 aromatic heterocycles. The maximum absolute atomic E-state index is 11.6. The van der Waals surface area contributed by atoms with Crippen molar-refractivity contribution in [3.8, 4) is 0 Å². The predicted molar refractivity (Wildman–Crippen MR) is 71.4 cm³/mol. The summed E-state index contributed by atoms with van der Waals surface area (Å²) in [4.78, 5) is 11.6. The summed E-state index contributed by atoms with van der Waals surface area (Å²) in [6.07, 6.45) is 5.07. The Morgan fingerprint density at radius 2 is 2.11 bits per heavy atom. The molecule has 2 rings (SSSR count). The minimum absolute atomic E-state index is 0.128. The fourth-order valence-electron chi connectivity index (χ4n) is 2.30. The molecule has 0 unspecified atom stereocenters. The van der Waals surface area contributed by atoms with Gasteiger partial charge in [-0.3, -0.25) is 4.79 Å². The van der Waals surface area contributed by atoms with Gasteiger partial charge in [0.05, 0.1) is 13.0 Å². The second-order valence-electron chi connectivity index (χ2n) is 4.82. The van der Waals surface area contributed by atoms with E-state index in [1.165, 1.54) is 19.3 Å². The smallest absolute Gasteiger partial charge is 0.310 e. The summed E-state index contributed by atoms with van der Waals surface area (Å²) >= 11 is 0. The summed E-state index contributed by atoms with van der Waals surface area (Å²) in [5.41, 5.74) is 1.01. The van der Waals surface area contributed by atoms with Gasteiger partial charge in [0, 0.05) is 6.04 Å². The molecule has 1 aromatic rings. The molecule has 18 heavy (non-hydrogen) atoms. The first-order chi connectivity index (χ1) is 8.84. The first-order valence-electron chi connectivity index (χ1n) is 6.77. The third-order valence-corrected chi connectivity index (χ3v) is 3.33. The van der Waals surface area contributed by atoms with Gasteiger partial charge in [0.2, 0.25) is 0 Å². The molecular weight excluding hydrogens is 226 g/mol. The third kappa shape index (κ3) is 4.49. The number of hydrogen-bond donors (Lipinski definition) is 1. The van der Waals surface area contributed by atoms with Crippen LogP contribution in [0.25, 0.3) is 0 Å². The highest BCUT2D eigenvalue weighted by molar-refractivity contribution is 5.72. The van der Waals surface area contributed by atoms with Crippen LogP contribution in [-0.2, 0) is 16.0 Å². The van der Waals surface area contributed by atoms with Gasteiger partial charge in [-0.05, 0) is 31.4 Å². The first kappa shape index (κ1) is 13.1. The summed E-state index contributed by atoms with van der Waals surface area (Å²) in [6, 6.07) is 10.3. The Labute approximate surface area is 109 Å². The maximum Gasteiger partial charge on any atom is 0.310 e. The highest BCUT2D eigenvalue weighted by atomic mass is 16.5. The lowest BCUT2D eigenvalue weighted by Crippen LogP contribution is -2.35. The van der Waals surface area contributed by atoms with E-state index >= 15 is 0 Å². The maximum atomic E-state index is 11.6. The number of benzene rings is 1. The molecule has 1 aliphatic rings. The van der Waals surface area contributed by atoms with Gasteiger partial charge in [0.1, 0.15) is 0 Å². The van der Waals surface area contributed by atoms with Gasteiger partial charge in [0.25, 0.3) is 0 Å². The second-order valence-corrected chi connectivity index (χ2v) is 4.82. The number of ether oxygens (including phenoxy) is 1. The third-order valence-electron chi connectivity index (χ3n) is 3.33. The van der Waals surface area contributed by atoms with Crippen molar-refractivity contribution in [2.75, 3.05) is 13.2 Å². The lowest BCUT2D eigenvalue weighted by atomic mass is 10.0. The van der Waals surface area contributed by atoms with Crippen LogP contribution in [0.4, 0.5) is 0 Å². The van der Waals surface area contributed by atoms with Crippen LogP contribution in [0.5, 0.6) is 0 Å². The van der Waals surface area contributed by atoms with Crippen LogP contribution in [0.3, 0.4) is 0 Å². The van der Waals surface area contributed by atoms with E-state index in [1.807, 2.05) is 30.3 Å². The van der Waals surface area contributed by atoms with Crippen LogP contribution in [-0.4, -0.2) is 25.2 Å². The van der Waals surface area contributed by atoms with Crippen LogP contribution in [0.1, 0.15) is 31.2 Å². The van der Waals surface area contributed by atoms with Gasteiger partial charge in [-0.15, -0.1) is 0 Å². The Morgan fingerprint density at radius 1 is 1.28 bits per heavy atom. The summed E-state index contributed by atoms with van der Waals surface area (Å²) in [6.45, 7) is 1.63. The first-order valence-corrected chi connectivity index (χ1v) is 6.77. The average Bonchev–Trinajstić information content (AvgIpc) is 2.41. The van der Waals surface area contributed by atoms with Gasteiger partial charge in [0.15, 0.2) is 0 Å². The number of nitrogens with one attached hydrogen (secondary N) is 1. The van der Waals surface area contributed by atoms with Crippen molar-refractivity contribution < 1.29 is 9.53 Å². The van der Waals surface area contributed by atoms with Crippen LogP contribution in [0.15, 0.2) is 30.3 Å². The summed E-state index contributed by atoms with van der Waals surface area (Å²) in [5, 5.41) is 3.45. The number of carbonyl (C=O) groups excluding carboxylic acids is 1. The van der Waals surface area contributed by atoms with Crippen LogP contribution >= 0.6 is 0 Å². The van der Waals surface area contributed by atoms with Crippen LogP contribution in [0.2, 0.25) is 0 Å². The zero-order valence-electron chi connectivity index (χ0n) is 10.7. The fourth-order valence-corrected chi connectivity index (χ4v) is 2.30. The molecule has 1 saturated heterocycles. The van der Waals surface area contributed by atoms with Gasteiger partial charge >= 0.3 is 5.97 Å². The van der Waals surface area contributed by atoms with Gasteiger partial charge < -0.3 is 10.1 Å². The van der Waals surface area contributed by atoms with E-state index in [0.717, 1.165) is 18.5 Å². The monoisotopic (exact) mass is 247 g/mol. The van der Waals surface area contributed by atoms with E-state index in [-0.39, 0.29) is 5.97 Å². The minimum atomic E-state index is -0.128. The van der Waals surface area contributed by atoms with Crippen molar-refractivity contribution in [3.63, 3.8) is 0 Å². The normalized spacial score (nSPS) is 19.4. The molecular formula is C15H21NO2. The quantitative estimate of drug-likeness (QED) is 0.811. The molecule has 0 spiro atoms. The number of piperidine rings is 1. The standard InChI is InChI=1S/C15H21NO2/c17-15(12-13-6-2-1-3-7-13)18-11-9-14-8-4-5-10-16-14/h1-3,6-7,14,16H,4-5,8-12H2/t14-/m1/s1. The van der Waals surface area contributed by atoms with Crippen LogP contribution in [0, 0.1) is 0 Å². The van der Waals surface area contributed by atoms with E-state index in [4.69, 9.17) is 4.74 Å². The molecule has 1 aromatic carbocycles. The highest BCUT2D eigenvalue weighted by Crippen LogP contribution is 2.10. The SMILES string of the molecule is O=C(Cc1ccccc1)OCC[C@H]1CCCCN1. The number of carbonyl (C=O) groups is 1. The van der Waals surface area contributed by atoms with E-state index < -0.39 is 0 Å². The van der Waals surface area contributed by atoms with Crippen molar-refractivity contribution in [2.24, 2.45) is 0 Å². The van der Waals surface area contributed by atoms with Crippen molar-refractivity contribution in [1.29, 1.82) is 0 Å². The van der Waals surface area contributed by atoms with Crippen molar-refractivity contribution in [2.45, 2.75) is 38.1 Å². The number of hydrogen-bond acceptors (Lipinski definition) is 3. The van der Waals surface area contributed by atoms with E-state index in [2.05, 4.69) is 5.32 Å². The molecule has 0 bridgehead atoms. The zero-order chi connectivity index (χ0) is 12.6. The highest BCUT2D eigenvalue weighted by Gasteiger charge is 2.13. The Bertz CT molecular complexity index is 358. The summed E-state index contributed by atoms with van der Waals surface area (Å²) < 4.78 is 5.27. The molecule has 1 fully saturated rings. The van der Waals surface area contributed by atoms with Crippen molar-refractivity contribution in [3.05, 3.63) is 35.9 Å². The Kier molecular flexibility index (Phi) is 5.21. The molecule has 0 amide bonds. The van der Waals surface area contributed by atoms with Crippen molar-refractivity contribution >= 4 is 5.97 Å². The topological polar surface area (TPSA) is 38.3 Å². The van der Waals surface area contributed by atoms with E-state index in [0.29, 0.717) is 19.1 Å². The molecule has 1 heterocycles. The molecule has 1 N–H and O–H groups in total. The number of rotatable bonds is 5. The molecule has 98 valence electrons. The predicted octanol–water partition coefficient (Wildman–Crippen LogP) is 2.30. The van der Waals surface area contributed by atoms with E-state index in [9.17, 15) is 4.79 Å². The van der Waals surface area contributed by atoms with Crippen LogP contribution < -0.4 is 5.32 Å². The molecule has 3 nitrogen and oxygen atoms in total. The lowest BCUT2D eigenvalue weighted by Gasteiger charge is -2.23. The van der Waals surface area contributed by atoms with Gasteiger partial charge in [-0.2, -0.15) is 0 Å². The molecule has 1 aliphatic heterocycles. The fraction of sp³-hybridized carbons (Fsp3) is 0.533. The number of esters is 1. The molecule has 0 aliphatic carbocycles. The lowest BCUT2D eigenvalue weighted by molar-refractivity contribution is -0.143. The van der Waals surface area contributed by atoms with Crippen molar-refractivity contribution in [1.82, 2.24) is 5.32 Å². The largest absolute Gasteiger partial charge is 0.465 e. The Morgan fingerprint density at radius 3 is 2.83 bits per heavy atom. The molecule has 3 heteroatoms. The molecule has 0 radical (unpaired) electrons. The Balaban J connectivity index is 1.62. The van der Waals surface area contributed by atoms with Gasteiger partial charge in [-0.1, -0.05) is 36.8 Å². The molecule has 1 atom stereocenters. The Hall–Kier alpha value is -1.35. The summed E-state index contributed by atoms with van der Waals surface area (Å²) in [5.74, 6) is -0.128. The molecule has 0 saturated carbocycles. The summed E-state index contributed by atoms with van der Waals surface area (Å²) in [7, 11) is 0.